The maximum Gasteiger partial charge on any atom is 0.253 e. The third kappa shape index (κ3) is 4.43. The second-order valence-electron chi connectivity index (χ2n) is 5.00. The molecule has 0 saturated heterocycles. The standard InChI is InChI=1S/C17H18FNO4/c1-23-15-10-11(2-7-14(15)20)8-9-19-17(22)16(21)12-3-5-13(18)6-4-12/h2-7,10,16,20-21H,8-9H2,1H3,(H,19,22)/t16-/m1/s1. The molecule has 0 fully saturated rings. The van der Waals surface area contributed by atoms with Crippen LogP contribution >= 0.6 is 0 Å². The number of aromatic hydroxyl groups is 1. The molecule has 0 radical (unpaired) electrons. The van der Waals surface area contributed by atoms with Crippen LogP contribution in [0.2, 0.25) is 0 Å². The summed E-state index contributed by atoms with van der Waals surface area (Å²) in [6.07, 6.45) is -0.830. The molecule has 0 unspecified atom stereocenters. The number of ether oxygens (including phenoxy) is 1. The van der Waals surface area contributed by atoms with Crippen LogP contribution in [0.3, 0.4) is 0 Å². The Morgan fingerprint density at radius 3 is 2.61 bits per heavy atom. The monoisotopic (exact) mass is 319 g/mol. The van der Waals surface area contributed by atoms with Gasteiger partial charge in [-0.05, 0) is 41.8 Å². The number of benzene rings is 2. The van der Waals surface area contributed by atoms with E-state index in [1.807, 2.05) is 0 Å². The van der Waals surface area contributed by atoms with Gasteiger partial charge in [-0.3, -0.25) is 4.79 Å². The van der Waals surface area contributed by atoms with E-state index in [-0.39, 0.29) is 5.75 Å². The lowest BCUT2D eigenvalue weighted by Crippen LogP contribution is -2.30. The Labute approximate surface area is 133 Å². The summed E-state index contributed by atoms with van der Waals surface area (Å²) in [5.74, 6) is -0.572. The molecule has 0 aromatic heterocycles. The van der Waals surface area contributed by atoms with Gasteiger partial charge in [-0.25, -0.2) is 4.39 Å². The van der Waals surface area contributed by atoms with E-state index < -0.39 is 17.8 Å². The molecule has 6 heteroatoms. The lowest BCUT2D eigenvalue weighted by Gasteiger charge is -2.12. The summed E-state index contributed by atoms with van der Waals surface area (Å²) in [4.78, 5) is 11.9. The molecule has 23 heavy (non-hydrogen) atoms. The Kier molecular flexibility index (Phi) is 5.54. The second kappa shape index (κ2) is 7.60. The molecule has 3 N–H and O–H groups in total. The quantitative estimate of drug-likeness (QED) is 0.760. The van der Waals surface area contributed by atoms with Crippen LogP contribution < -0.4 is 10.1 Å². The second-order valence-corrected chi connectivity index (χ2v) is 5.00. The summed E-state index contributed by atoms with van der Waals surface area (Å²) in [5, 5.41) is 22.0. The number of amides is 1. The van der Waals surface area contributed by atoms with Gasteiger partial charge >= 0.3 is 0 Å². The first-order chi connectivity index (χ1) is 11.0. The van der Waals surface area contributed by atoms with Crippen molar-refractivity contribution < 1.29 is 24.1 Å². The topological polar surface area (TPSA) is 78.8 Å². The van der Waals surface area contributed by atoms with Crippen molar-refractivity contribution in [3.05, 3.63) is 59.4 Å². The van der Waals surface area contributed by atoms with Crippen LogP contribution in [-0.2, 0) is 11.2 Å². The lowest BCUT2D eigenvalue weighted by molar-refractivity contribution is -0.129. The number of carbonyl (C=O) groups is 1. The van der Waals surface area contributed by atoms with Crippen molar-refractivity contribution in [3.8, 4) is 11.5 Å². The molecule has 1 atom stereocenters. The van der Waals surface area contributed by atoms with Crippen molar-refractivity contribution in [1.29, 1.82) is 0 Å². The number of hydrogen-bond donors (Lipinski definition) is 3. The van der Waals surface area contributed by atoms with E-state index in [9.17, 15) is 19.4 Å². The van der Waals surface area contributed by atoms with Gasteiger partial charge < -0.3 is 20.3 Å². The van der Waals surface area contributed by atoms with Crippen LogP contribution in [0.5, 0.6) is 11.5 Å². The van der Waals surface area contributed by atoms with Gasteiger partial charge in [-0.1, -0.05) is 18.2 Å². The van der Waals surface area contributed by atoms with Crippen molar-refractivity contribution in [2.24, 2.45) is 0 Å². The van der Waals surface area contributed by atoms with E-state index >= 15 is 0 Å². The van der Waals surface area contributed by atoms with E-state index in [2.05, 4.69) is 5.32 Å². The predicted octanol–water partition coefficient (Wildman–Crippen LogP) is 1.93. The summed E-state index contributed by atoms with van der Waals surface area (Å²) in [6, 6.07) is 10.0. The van der Waals surface area contributed by atoms with Gasteiger partial charge in [0, 0.05) is 6.54 Å². The minimum Gasteiger partial charge on any atom is -0.504 e. The molecule has 0 aliphatic rings. The van der Waals surface area contributed by atoms with Crippen molar-refractivity contribution in [1.82, 2.24) is 5.32 Å². The molecule has 2 aromatic carbocycles. The van der Waals surface area contributed by atoms with Gasteiger partial charge in [0.15, 0.2) is 17.6 Å². The van der Waals surface area contributed by atoms with E-state index in [1.165, 1.54) is 37.4 Å². The maximum atomic E-state index is 12.8. The molecule has 2 rings (SSSR count). The van der Waals surface area contributed by atoms with Crippen molar-refractivity contribution in [2.45, 2.75) is 12.5 Å². The third-order valence-corrected chi connectivity index (χ3v) is 3.39. The van der Waals surface area contributed by atoms with Gasteiger partial charge in [0.2, 0.25) is 0 Å². The zero-order chi connectivity index (χ0) is 16.8. The molecule has 5 nitrogen and oxygen atoms in total. The fourth-order valence-corrected chi connectivity index (χ4v) is 2.10. The summed E-state index contributed by atoms with van der Waals surface area (Å²) in [6.45, 7) is 0.311. The zero-order valence-corrected chi connectivity index (χ0v) is 12.6. The fraction of sp³-hybridized carbons (Fsp3) is 0.235. The van der Waals surface area contributed by atoms with Crippen LogP contribution in [-0.4, -0.2) is 29.8 Å². The highest BCUT2D eigenvalue weighted by Gasteiger charge is 2.16. The van der Waals surface area contributed by atoms with E-state index in [0.717, 1.165) is 5.56 Å². The minimum absolute atomic E-state index is 0.0482. The van der Waals surface area contributed by atoms with E-state index in [1.54, 1.807) is 12.1 Å². The van der Waals surface area contributed by atoms with Crippen LogP contribution in [0, 0.1) is 5.82 Å². The largest absolute Gasteiger partial charge is 0.504 e. The summed E-state index contributed by atoms with van der Waals surface area (Å²) in [5.41, 5.74) is 1.20. The molecule has 122 valence electrons. The Bertz CT molecular complexity index is 673. The van der Waals surface area contributed by atoms with E-state index in [4.69, 9.17) is 4.74 Å². The van der Waals surface area contributed by atoms with Crippen molar-refractivity contribution in [3.63, 3.8) is 0 Å². The van der Waals surface area contributed by atoms with Gasteiger partial charge in [-0.15, -0.1) is 0 Å². The first-order valence-electron chi connectivity index (χ1n) is 7.08. The average Bonchev–Trinajstić information content (AvgIpc) is 2.56. The molecule has 0 aliphatic carbocycles. The van der Waals surface area contributed by atoms with Crippen molar-refractivity contribution >= 4 is 5.91 Å². The van der Waals surface area contributed by atoms with E-state index in [0.29, 0.717) is 24.3 Å². The van der Waals surface area contributed by atoms with Crippen LogP contribution in [0.15, 0.2) is 42.5 Å². The molecule has 0 saturated carbocycles. The van der Waals surface area contributed by atoms with Gasteiger partial charge in [0.25, 0.3) is 5.91 Å². The Morgan fingerprint density at radius 1 is 1.26 bits per heavy atom. The first-order valence-corrected chi connectivity index (χ1v) is 7.08. The highest BCUT2D eigenvalue weighted by atomic mass is 19.1. The first kappa shape index (κ1) is 16.8. The highest BCUT2D eigenvalue weighted by Crippen LogP contribution is 2.26. The van der Waals surface area contributed by atoms with Crippen LogP contribution in [0.4, 0.5) is 4.39 Å². The number of aliphatic hydroxyl groups excluding tert-OH is 1. The number of rotatable bonds is 6. The smallest absolute Gasteiger partial charge is 0.253 e. The number of nitrogens with one attached hydrogen (secondary N) is 1. The number of hydrogen-bond acceptors (Lipinski definition) is 4. The number of aliphatic hydroxyl groups is 1. The molecule has 1 amide bonds. The molecule has 2 aromatic rings. The maximum absolute atomic E-state index is 12.8. The number of phenols is 1. The van der Waals surface area contributed by atoms with Gasteiger partial charge in [0.05, 0.1) is 7.11 Å². The van der Waals surface area contributed by atoms with Gasteiger partial charge in [-0.2, -0.15) is 0 Å². The SMILES string of the molecule is COc1cc(CCNC(=O)[C@H](O)c2ccc(F)cc2)ccc1O. The molecular weight excluding hydrogens is 301 g/mol. The normalized spacial score (nSPS) is 11.8. The summed E-state index contributed by atoms with van der Waals surface area (Å²) in [7, 11) is 1.46. The predicted molar refractivity (Wildman–Crippen MR) is 82.7 cm³/mol. The van der Waals surface area contributed by atoms with Crippen LogP contribution in [0.25, 0.3) is 0 Å². The molecular formula is C17H18FNO4. The molecule has 0 heterocycles. The fourth-order valence-electron chi connectivity index (χ4n) is 2.10. The lowest BCUT2D eigenvalue weighted by atomic mass is 10.1. The number of phenolic OH excluding ortho intramolecular Hbond substituents is 1. The zero-order valence-electron chi connectivity index (χ0n) is 12.6. The van der Waals surface area contributed by atoms with Gasteiger partial charge in [0.1, 0.15) is 5.82 Å². The van der Waals surface area contributed by atoms with Crippen molar-refractivity contribution in [2.75, 3.05) is 13.7 Å². The molecule has 0 bridgehead atoms. The number of carbonyl (C=O) groups excluding carboxylic acids is 1. The third-order valence-electron chi connectivity index (χ3n) is 3.39. The van der Waals surface area contributed by atoms with Crippen LogP contribution in [0.1, 0.15) is 17.2 Å². The average molecular weight is 319 g/mol. The Hall–Kier alpha value is -2.60. The Morgan fingerprint density at radius 2 is 1.96 bits per heavy atom. The summed E-state index contributed by atoms with van der Waals surface area (Å²) < 4.78 is 17.8. The molecule has 0 aliphatic heterocycles. The number of halogens is 1. The number of methoxy groups -OCH3 is 1. The summed E-state index contributed by atoms with van der Waals surface area (Å²) >= 11 is 0. The Balaban J connectivity index is 1.88. The highest BCUT2D eigenvalue weighted by molar-refractivity contribution is 5.81. The molecule has 0 spiro atoms. The minimum atomic E-state index is -1.34.